The van der Waals surface area contributed by atoms with Gasteiger partial charge in [0.2, 0.25) is 0 Å². The number of fused-ring (bicyclic) bond motifs is 3. The number of carbonyl (C=O) groups is 4. The largest absolute Gasteiger partial charge is 0.481 e. The highest BCUT2D eigenvalue weighted by Gasteiger charge is 2.63. The molecule has 3 saturated carbocycles. The van der Waals surface area contributed by atoms with E-state index in [9.17, 15) is 24.3 Å². The second-order valence-electron chi connectivity index (χ2n) is 8.64. The molecule has 6 atom stereocenters. The maximum absolute atomic E-state index is 13.1. The predicted molar refractivity (Wildman–Crippen MR) is 87.8 cm³/mol. The van der Waals surface area contributed by atoms with Gasteiger partial charge >= 0.3 is 11.9 Å². The molecule has 0 aliphatic heterocycles. The molecule has 138 valence electrons. The van der Waals surface area contributed by atoms with E-state index in [-0.39, 0.29) is 42.7 Å². The van der Waals surface area contributed by atoms with E-state index >= 15 is 0 Å². The number of Topliss-reactive ketones (excluding diaryl/α,β-unsaturated/α-hetero) is 2. The van der Waals surface area contributed by atoms with Gasteiger partial charge in [-0.1, -0.05) is 13.8 Å². The monoisotopic (exact) mass is 350 g/mol. The van der Waals surface area contributed by atoms with Crippen molar-refractivity contribution < 1.29 is 29.4 Å². The summed E-state index contributed by atoms with van der Waals surface area (Å²) >= 11 is 0. The lowest BCUT2D eigenvalue weighted by Crippen LogP contribution is -2.57. The third kappa shape index (κ3) is 2.61. The van der Waals surface area contributed by atoms with Gasteiger partial charge in [0.05, 0.1) is 5.92 Å². The SMILES string of the molecule is CC1(CCC(=O)O)C(=O)CCC2C1C(=O)CC1(C)C(C(=O)O)CCC21. The Labute approximate surface area is 147 Å². The minimum absolute atomic E-state index is 0.00732. The average Bonchev–Trinajstić information content (AvgIpc) is 2.85. The van der Waals surface area contributed by atoms with Crippen LogP contribution in [0.3, 0.4) is 0 Å². The molecule has 0 aromatic rings. The molecule has 25 heavy (non-hydrogen) atoms. The summed E-state index contributed by atoms with van der Waals surface area (Å²) in [6.07, 6.45) is 2.56. The molecule has 0 amide bonds. The Kier molecular flexibility index (Phi) is 4.28. The number of carboxylic acid groups (broad SMARTS) is 2. The minimum atomic E-state index is -0.962. The van der Waals surface area contributed by atoms with Gasteiger partial charge in [-0.05, 0) is 42.9 Å². The third-order valence-electron chi connectivity index (χ3n) is 7.44. The Morgan fingerprint density at radius 2 is 1.80 bits per heavy atom. The lowest BCUT2D eigenvalue weighted by atomic mass is 9.48. The van der Waals surface area contributed by atoms with Crippen LogP contribution in [-0.4, -0.2) is 33.7 Å². The molecule has 0 bridgehead atoms. The summed E-state index contributed by atoms with van der Waals surface area (Å²) in [5.74, 6) is -2.71. The molecule has 0 radical (unpaired) electrons. The van der Waals surface area contributed by atoms with Crippen molar-refractivity contribution in [3.8, 4) is 0 Å². The number of hydrogen-bond donors (Lipinski definition) is 2. The van der Waals surface area contributed by atoms with Gasteiger partial charge in [-0.15, -0.1) is 0 Å². The van der Waals surface area contributed by atoms with Crippen LogP contribution >= 0.6 is 0 Å². The van der Waals surface area contributed by atoms with Crippen molar-refractivity contribution >= 4 is 23.5 Å². The van der Waals surface area contributed by atoms with Gasteiger partial charge in [-0.25, -0.2) is 0 Å². The number of hydrogen-bond acceptors (Lipinski definition) is 4. The zero-order valence-electron chi connectivity index (χ0n) is 14.8. The maximum atomic E-state index is 13.1. The lowest BCUT2D eigenvalue weighted by Gasteiger charge is -2.54. The molecule has 2 N–H and O–H groups in total. The molecular formula is C19H26O6. The topological polar surface area (TPSA) is 109 Å². The fourth-order valence-electron chi connectivity index (χ4n) is 6.20. The zero-order chi connectivity index (χ0) is 18.6. The van der Waals surface area contributed by atoms with E-state index in [4.69, 9.17) is 5.11 Å². The van der Waals surface area contributed by atoms with E-state index in [0.717, 1.165) is 6.42 Å². The molecule has 3 aliphatic carbocycles. The van der Waals surface area contributed by atoms with Gasteiger partial charge in [-0.3, -0.25) is 19.2 Å². The van der Waals surface area contributed by atoms with Crippen LogP contribution in [0.4, 0.5) is 0 Å². The molecule has 0 aromatic heterocycles. The summed E-state index contributed by atoms with van der Waals surface area (Å²) in [5, 5.41) is 18.6. The Bertz CT molecular complexity index is 640. The van der Waals surface area contributed by atoms with Crippen molar-refractivity contribution in [2.24, 2.45) is 34.5 Å². The zero-order valence-corrected chi connectivity index (χ0v) is 14.8. The van der Waals surface area contributed by atoms with Gasteiger partial charge in [0.1, 0.15) is 11.6 Å². The van der Waals surface area contributed by atoms with Crippen molar-refractivity contribution in [3.63, 3.8) is 0 Å². The molecule has 6 heteroatoms. The van der Waals surface area contributed by atoms with E-state index in [1.165, 1.54) is 0 Å². The summed E-state index contributed by atoms with van der Waals surface area (Å²) in [5.41, 5.74) is -1.47. The molecular weight excluding hydrogens is 324 g/mol. The van der Waals surface area contributed by atoms with Gasteiger partial charge in [-0.2, -0.15) is 0 Å². The predicted octanol–water partition coefficient (Wildman–Crippen LogP) is 2.54. The highest BCUT2D eigenvalue weighted by Crippen LogP contribution is 2.63. The van der Waals surface area contributed by atoms with E-state index in [1.807, 2.05) is 6.92 Å². The van der Waals surface area contributed by atoms with Crippen molar-refractivity contribution in [2.75, 3.05) is 0 Å². The van der Waals surface area contributed by atoms with Crippen LogP contribution < -0.4 is 0 Å². The highest BCUT2D eigenvalue weighted by molar-refractivity contribution is 5.95. The van der Waals surface area contributed by atoms with Crippen LogP contribution in [0, 0.1) is 34.5 Å². The van der Waals surface area contributed by atoms with Crippen LogP contribution in [0.2, 0.25) is 0 Å². The summed E-state index contributed by atoms with van der Waals surface area (Å²) in [4.78, 5) is 48.4. The minimum Gasteiger partial charge on any atom is -0.481 e. The fraction of sp³-hybridized carbons (Fsp3) is 0.789. The Morgan fingerprint density at radius 3 is 2.40 bits per heavy atom. The first-order valence-corrected chi connectivity index (χ1v) is 9.12. The van der Waals surface area contributed by atoms with Gasteiger partial charge in [0, 0.05) is 30.6 Å². The molecule has 0 spiro atoms. The molecule has 0 aromatic carbocycles. The first-order valence-electron chi connectivity index (χ1n) is 9.12. The van der Waals surface area contributed by atoms with E-state index < -0.39 is 34.6 Å². The van der Waals surface area contributed by atoms with Gasteiger partial charge in [0.15, 0.2) is 0 Å². The van der Waals surface area contributed by atoms with Crippen molar-refractivity contribution in [2.45, 2.75) is 58.8 Å². The normalized spacial score (nSPS) is 43.4. The fourth-order valence-corrected chi connectivity index (χ4v) is 6.20. The number of ketones is 2. The maximum Gasteiger partial charge on any atom is 0.307 e. The van der Waals surface area contributed by atoms with Gasteiger partial charge < -0.3 is 10.2 Å². The smallest absolute Gasteiger partial charge is 0.307 e. The summed E-state index contributed by atoms with van der Waals surface area (Å²) in [7, 11) is 0. The Morgan fingerprint density at radius 1 is 1.12 bits per heavy atom. The van der Waals surface area contributed by atoms with Gasteiger partial charge in [0.25, 0.3) is 0 Å². The second-order valence-corrected chi connectivity index (χ2v) is 8.64. The van der Waals surface area contributed by atoms with E-state index in [0.29, 0.717) is 19.3 Å². The van der Waals surface area contributed by atoms with Crippen LogP contribution in [0.15, 0.2) is 0 Å². The molecule has 0 heterocycles. The van der Waals surface area contributed by atoms with Crippen LogP contribution in [0.1, 0.15) is 58.8 Å². The van der Waals surface area contributed by atoms with E-state index in [2.05, 4.69) is 0 Å². The third-order valence-corrected chi connectivity index (χ3v) is 7.44. The molecule has 3 rings (SSSR count). The standard InChI is InChI=1S/C19H26O6/c1-18(8-7-15(22)23)14(21)6-3-10-11-4-5-12(17(24)25)19(11,2)9-13(20)16(10)18/h10-12,16H,3-9H2,1-2H3,(H,22,23)(H,24,25). The first-order chi connectivity index (χ1) is 11.6. The number of carbonyl (C=O) groups excluding carboxylic acids is 2. The van der Waals surface area contributed by atoms with Crippen LogP contribution in [0.5, 0.6) is 0 Å². The average molecular weight is 350 g/mol. The van der Waals surface area contributed by atoms with Crippen molar-refractivity contribution in [3.05, 3.63) is 0 Å². The molecule has 6 unspecified atom stereocenters. The van der Waals surface area contributed by atoms with Crippen LogP contribution in [-0.2, 0) is 19.2 Å². The summed E-state index contributed by atoms with van der Waals surface area (Å²) < 4.78 is 0. The Hall–Kier alpha value is -1.72. The number of carboxylic acids is 2. The molecule has 3 fully saturated rings. The van der Waals surface area contributed by atoms with E-state index in [1.54, 1.807) is 6.92 Å². The molecule has 0 saturated heterocycles. The van der Waals surface area contributed by atoms with Crippen LogP contribution in [0.25, 0.3) is 0 Å². The second kappa shape index (κ2) is 5.92. The summed E-state index contributed by atoms with van der Waals surface area (Å²) in [6.45, 7) is 3.67. The molecule has 6 nitrogen and oxygen atoms in total. The molecule has 3 aliphatic rings. The first kappa shape index (κ1) is 18.1. The summed E-state index contributed by atoms with van der Waals surface area (Å²) in [6, 6.07) is 0. The lowest BCUT2D eigenvalue weighted by molar-refractivity contribution is -0.164. The number of rotatable bonds is 4. The highest BCUT2D eigenvalue weighted by atomic mass is 16.4. The van der Waals surface area contributed by atoms with Crippen molar-refractivity contribution in [1.29, 1.82) is 0 Å². The Balaban J connectivity index is 1.95. The quantitative estimate of drug-likeness (QED) is 0.806. The number of aliphatic carboxylic acids is 2. The van der Waals surface area contributed by atoms with Crippen molar-refractivity contribution in [1.82, 2.24) is 0 Å².